The first-order valence-corrected chi connectivity index (χ1v) is 8.37. The molecule has 2 N–H and O–H groups in total. The summed E-state index contributed by atoms with van der Waals surface area (Å²) < 4.78 is 24.4. The van der Waals surface area contributed by atoms with E-state index in [1.807, 2.05) is 24.3 Å². The average molecular weight is 302 g/mol. The molecule has 6 nitrogen and oxygen atoms in total. The minimum absolute atomic E-state index is 0.0722. The van der Waals surface area contributed by atoms with Gasteiger partial charge >= 0.3 is 0 Å². The van der Waals surface area contributed by atoms with Gasteiger partial charge in [0.2, 0.25) is 0 Å². The van der Waals surface area contributed by atoms with Gasteiger partial charge in [-0.25, -0.2) is 13.1 Å². The molecule has 0 spiro atoms. The zero-order chi connectivity index (χ0) is 15.0. The number of hydrogen-bond donors (Lipinski definition) is 1. The molecule has 0 saturated carbocycles. The van der Waals surface area contributed by atoms with Gasteiger partial charge < -0.3 is 5.73 Å². The molecule has 2 aromatic carbocycles. The van der Waals surface area contributed by atoms with Crippen LogP contribution in [0.3, 0.4) is 0 Å². The number of rotatable bonds is 3. The Morgan fingerprint density at radius 1 is 1.19 bits per heavy atom. The average Bonchev–Trinajstić information content (AvgIpc) is 2.83. The maximum absolute atomic E-state index is 11.4. The van der Waals surface area contributed by atoms with Crippen LogP contribution in [-0.2, 0) is 15.6 Å². The van der Waals surface area contributed by atoms with Gasteiger partial charge in [0.25, 0.3) is 0 Å². The van der Waals surface area contributed by atoms with Crippen LogP contribution in [0.5, 0.6) is 0 Å². The minimum Gasteiger partial charge on any atom is -0.398 e. The van der Waals surface area contributed by atoms with E-state index in [1.54, 1.807) is 22.9 Å². The van der Waals surface area contributed by atoms with Crippen molar-refractivity contribution in [3.63, 3.8) is 0 Å². The SMILES string of the molecule is CS(=O)(=O)Cc1ccc(-n2nnc3ccccc32)cc1N. The van der Waals surface area contributed by atoms with E-state index in [4.69, 9.17) is 5.73 Å². The minimum atomic E-state index is -3.12. The Morgan fingerprint density at radius 2 is 1.95 bits per heavy atom. The Kier molecular flexibility index (Phi) is 3.13. The molecule has 0 atom stereocenters. The van der Waals surface area contributed by atoms with Crippen molar-refractivity contribution in [3.05, 3.63) is 48.0 Å². The Balaban J connectivity index is 2.06. The van der Waals surface area contributed by atoms with E-state index in [9.17, 15) is 8.42 Å². The maximum atomic E-state index is 11.4. The van der Waals surface area contributed by atoms with Crippen molar-refractivity contribution in [1.29, 1.82) is 0 Å². The van der Waals surface area contributed by atoms with Crippen LogP contribution in [-0.4, -0.2) is 29.7 Å². The van der Waals surface area contributed by atoms with E-state index < -0.39 is 9.84 Å². The summed E-state index contributed by atoms with van der Waals surface area (Å²) in [5, 5.41) is 8.19. The third kappa shape index (κ3) is 2.73. The van der Waals surface area contributed by atoms with Crippen molar-refractivity contribution in [2.75, 3.05) is 12.0 Å². The number of nitrogens with zero attached hydrogens (tertiary/aromatic N) is 3. The second kappa shape index (κ2) is 4.85. The molecule has 0 amide bonds. The number of aromatic nitrogens is 3. The number of para-hydroxylation sites is 1. The van der Waals surface area contributed by atoms with Crippen molar-refractivity contribution >= 4 is 26.6 Å². The van der Waals surface area contributed by atoms with Crippen molar-refractivity contribution in [3.8, 4) is 5.69 Å². The Labute approximate surface area is 122 Å². The van der Waals surface area contributed by atoms with Crippen LogP contribution in [0.15, 0.2) is 42.5 Å². The highest BCUT2D eigenvalue weighted by Gasteiger charge is 2.11. The first-order chi connectivity index (χ1) is 9.94. The number of nitrogens with two attached hydrogens (primary N) is 1. The third-order valence-electron chi connectivity index (χ3n) is 3.14. The monoisotopic (exact) mass is 302 g/mol. The van der Waals surface area contributed by atoms with Crippen molar-refractivity contribution < 1.29 is 8.42 Å². The molecule has 7 heteroatoms. The molecule has 0 aliphatic heterocycles. The van der Waals surface area contributed by atoms with E-state index in [0.717, 1.165) is 16.7 Å². The highest BCUT2D eigenvalue weighted by molar-refractivity contribution is 7.89. The highest BCUT2D eigenvalue weighted by Crippen LogP contribution is 2.21. The summed E-state index contributed by atoms with van der Waals surface area (Å²) in [6.07, 6.45) is 1.19. The standard InChI is InChI=1S/C14H14N4O2S/c1-21(19,20)9-10-6-7-11(8-12(10)15)18-14-5-3-2-4-13(14)16-17-18/h2-8H,9,15H2,1H3. The molecular weight excluding hydrogens is 288 g/mol. The lowest BCUT2D eigenvalue weighted by molar-refractivity contribution is 0.601. The first kappa shape index (κ1) is 13.6. The van der Waals surface area contributed by atoms with Gasteiger partial charge in [-0.15, -0.1) is 5.10 Å². The molecule has 0 aliphatic carbocycles. The van der Waals surface area contributed by atoms with E-state index >= 15 is 0 Å². The lowest BCUT2D eigenvalue weighted by atomic mass is 10.2. The fraction of sp³-hybridized carbons (Fsp3) is 0.143. The molecule has 1 heterocycles. The van der Waals surface area contributed by atoms with E-state index in [1.165, 1.54) is 6.26 Å². The molecule has 0 radical (unpaired) electrons. The van der Waals surface area contributed by atoms with Gasteiger partial charge in [-0.3, -0.25) is 0 Å². The molecule has 3 rings (SSSR count). The zero-order valence-electron chi connectivity index (χ0n) is 11.4. The Bertz CT molecular complexity index is 916. The van der Waals surface area contributed by atoms with Crippen LogP contribution >= 0.6 is 0 Å². The summed E-state index contributed by atoms with van der Waals surface area (Å²) in [7, 11) is -3.12. The molecular formula is C14H14N4O2S. The van der Waals surface area contributed by atoms with Gasteiger partial charge in [-0.05, 0) is 29.8 Å². The van der Waals surface area contributed by atoms with Gasteiger partial charge in [0.1, 0.15) is 5.52 Å². The van der Waals surface area contributed by atoms with Gasteiger partial charge in [-0.2, -0.15) is 0 Å². The van der Waals surface area contributed by atoms with Crippen LogP contribution in [0.1, 0.15) is 5.56 Å². The van der Waals surface area contributed by atoms with Gasteiger partial charge in [0.05, 0.1) is 17.0 Å². The first-order valence-electron chi connectivity index (χ1n) is 6.31. The number of anilines is 1. The molecule has 0 bridgehead atoms. The van der Waals surface area contributed by atoms with Crippen LogP contribution in [0.4, 0.5) is 5.69 Å². The summed E-state index contributed by atoms with van der Waals surface area (Å²) >= 11 is 0. The molecule has 3 aromatic rings. The number of fused-ring (bicyclic) bond motifs is 1. The second-order valence-corrected chi connectivity index (χ2v) is 7.08. The lowest BCUT2D eigenvalue weighted by Crippen LogP contribution is -2.05. The Hall–Kier alpha value is -2.41. The summed E-state index contributed by atoms with van der Waals surface area (Å²) in [5.41, 5.74) is 9.37. The van der Waals surface area contributed by atoms with Crippen molar-refractivity contribution in [2.24, 2.45) is 0 Å². The van der Waals surface area contributed by atoms with Gasteiger partial charge in [0.15, 0.2) is 9.84 Å². The van der Waals surface area contributed by atoms with Crippen molar-refractivity contribution in [1.82, 2.24) is 15.0 Å². The third-order valence-corrected chi connectivity index (χ3v) is 3.98. The van der Waals surface area contributed by atoms with Crippen LogP contribution in [0, 0.1) is 0 Å². The summed E-state index contributed by atoms with van der Waals surface area (Å²) in [6.45, 7) is 0. The normalized spacial score (nSPS) is 11.9. The maximum Gasteiger partial charge on any atom is 0.151 e. The fourth-order valence-electron chi connectivity index (χ4n) is 2.19. The van der Waals surface area contributed by atoms with E-state index in [0.29, 0.717) is 11.3 Å². The van der Waals surface area contributed by atoms with Crippen molar-refractivity contribution in [2.45, 2.75) is 5.75 Å². The van der Waals surface area contributed by atoms with Crippen LogP contribution in [0.2, 0.25) is 0 Å². The molecule has 108 valence electrons. The van der Waals surface area contributed by atoms with Gasteiger partial charge in [-0.1, -0.05) is 23.4 Å². The zero-order valence-corrected chi connectivity index (χ0v) is 12.2. The number of benzene rings is 2. The summed E-state index contributed by atoms with van der Waals surface area (Å²) in [5.74, 6) is -0.0722. The summed E-state index contributed by atoms with van der Waals surface area (Å²) in [6, 6.07) is 12.8. The smallest absolute Gasteiger partial charge is 0.151 e. The fourth-order valence-corrected chi connectivity index (χ4v) is 3.02. The number of nitrogen functional groups attached to an aromatic ring is 1. The molecule has 0 aliphatic rings. The largest absolute Gasteiger partial charge is 0.398 e. The highest BCUT2D eigenvalue weighted by atomic mass is 32.2. The lowest BCUT2D eigenvalue weighted by Gasteiger charge is -2.08. The topological polar surface area (TPSA) is 90.9 Å². The van der Waals surface area contributed by atoms with E-state index in [-0.39, 0.29) is 5.75 Å². The molecule has 21 heavy (non-hydrogen) atoms. The second-order valence-electron chi connectivity index (χ2n) is 4.94. The van der Waals surface area contributed by atoms with Crippen LogP contribution in [0.25, 0.3) is 16.7 Å². The molecule has 1 aromatic heterocycles. The molecule has 0 unspecified atom stereocenters. The van der Waals surface area contributed by atoms with Gasteiger partial charge in [0, 0.05) is 11.9 Å². The number of hydrogen-bond acceptors (Lipinski definition) is 5. The predicted octanol–water partition coefficient (Wildman–Crippen LogP) is 1.55. The summed E-state index contributed by atoms with van der Waals surface area (Å²) in [4.78, 5) is 0. The molecule has 0 saturated heterocycles. The van der Waals surface area contributed by atoms with Crippen LogP contribution < -0.4 is 5.73 Å². The quantitative estimate of drug-likeness (QED) is 0.741. The number of sulfone groups is 1. The Morgan fingerprint density at radius 3 is 2.67 bits per heavy atom. The molecule has 0 fully saturated rings. The predicted molar refractivity (Wildman–Crippen MR) is 81.8 cm³/mol. The van der Waals surface area contributed by atoms with E-state index in [2.05, 4.69) is 10.3 Å².